The molecular weight excluding hydrogens is 184 g/mol. The van der Waals surface area contributed by atoms with E-state index in [1.54, 1.807) is 0 Å². The standard InChI is InChI=1S/C10H11ClN2/c1-6-5-13-8-3-2-7(4-12)10(11)9(6)8/h2-3,5,13H,4,12H2,1H3. The molecule has 0 saturated carbocycles. The van der Waals surface area contributed by atoms with Gasteiger partial charge >= 0.3 is 0 Å². The maximum Gasteiger partial charge on any atom is 0.0547 e. The predicted molar refractivity (Wildman–Crippen MR) is 55.9 cm³/mol. The molecule has 68 valence electrons. The summed E-state index contributed by atoms with van der Waals surface area (Å²) in [5.74, 6) is 0. The normalized spacial score (nSPS) is 11.0. The topological polar surface area (TPSA) is 41.8 Å². The molecule has 13 heavy (non-hydrogen) atoms. The number of halogens is 1. The Bertz CT molecular complexity index is 445. The second-order valence-electron chi connectivity index (χ2n) is 3.14. The third-order valence-electron chi connectivity index (χ3n) is 2.28. The Hall–Kier alpha value is -0.990. The highest BCUT2D eigenvalue weighted by Crippen LogP contribution is 2.29. The average Bonchev–Trinajstić information content (AvgIpc) is 2.49. The summed E-state index contributed by atoms with van der Waals surface area (Å²) >= 11 is 6.19. The summed E-state index contributed by atoms with van der Waals surface area (Å²) in [5, 5.41) is 1.86. The van der Waals surface area contributed by atoms with Crippen LogP contribution in [0.5, 0.6) is 0 Å². The number of nitrogens with one attached hydrogen (secondary N) is 1. The number of fused-ring (bicyclic) bond motifs is 1. The molecule has 1 heterocycles. The summed E-state index contributed by atoms with van der Waals surface area (Å²) in [5.41, 5.74) is 8.79. The second kappa shape index (κ2) is 3.05. The molecule has 0 radical (unpaired) electrons. The molecule has 0 unspecified atom stereocenters. The van der Waals surface area contributed by atoms with Gasteiger partial charge in [-0.3, -0.25) is 0 Å². The molecule has 3 heteroatoms. The quantitative estimate of drug-likeness (QED) is 0.720. The molecule has 0 saturated heterocycles. The monoisotopic (exact) mass is 194 g/mol. The molecule has 3 N–H and O–H groups in total. The fraction of sp³-hybridized carbons (Fsp3) is 0.200. The van der Waals surface area contributed by atoms with E-state index in [1.165, 1.54) is 0 Å². The number of H-pyrrole nitrogens is 1. The number of rotatable bonds is 1. The molecule has 0 fully saturated rings. The minimum Gasteiger partial charge on any atom is -0.361 e. The SMILES string of the molecule is Cc1c[nH]c2ccc(CN)c(Cl)c12. The van der Waals surface area contributed by atoms with Crippen molar-refractivity contribution >= 4 is 22.5 Å². The van der Waals surface area contributed by atoms with Crippen LogP contribution in [0.1, 0.15) is 11.1 Å². The molecule has 0 spiro atoms. The molecule has 2 rings (SSSR count). The predicted octanol–water partition coefficient (Wildman–Crippen LogP) is 2.59. The second-order valence-corrected chi connectivity index (χ2v) is 3.52. The van der Waals surface area contributed by atoms with Crippen molar-refractivity contribution in [1.82, 2.24) is 4.98 Å². The first kappa shape index (κ1) is 8.60. The van der Waals surface area contributed by atoms with Gasteiger partial charge in [0.2, 0.25) is 0 Å². The zero-order valence-electron chi connectivity index (χ0n) is 7.39. The van der Waals surface area contributed by atoms with E-state index in [4.69, 9.17) is 17.3 Å². The van der Waals surface area contributed by atoms with Crippen molar-refractivity contribution in [1.29, 1.82) is 0 Å². The highest BCUT2D eigenvalue weighted by atomic mass is 35.5. The van der Waals surface area contributed by atoms with Gasteiger partial charge in [0.15, 0.2) is 0 Å². The fourth-order valence-electron chi connectivity index (χ4n) is 1.54. The first-order chi connectivity index (χ1) is 6.24. The van der Waals surface area contributed by atoms with Crippen LogP contribution < -0.4 is 5.73 Å². The first-order valence-electron chi connectivity index (χ1n) is 4.19. The summed E-state index contributed by atoms with van der Waals surface area (Å²) in [6, 6.07) is 3.97. The molecule has 2 nitrogen and oxygen atoms in total. The number of benzene rings is 1. The van der Waals surface area contributed by atoms with Crippen LogP contribution in [0.25, 0.3) is 10.9 Å². The Morgan fingerprint density at radius 2 is 2.23 bits per heavy atom. The smallest absolute Gasteiger partial charge is 0.0547 e. The van der Waals surface area contributed by atoms with E-state index in [1.807, 2.05) is 25.3 Å². The van der Waals surface area contributed by atoms with Crippen molar-refractivity contribution in [3.8, 4) is 0 Å². The van der Waals surface area contributed by atoms with E-state index in [-0.39, 0.29) is 0 Å². The molecule has 0 aliphatic heterocycles. The molecule has 0 aliphatic rings. The minimum atomic E-state index is 0.486. The number of hydrogen-bond acceptors (Lipinski definition) is 1. The van der Waals surface area contributed by atoms with E-state index in [2.05, 4.69) is 4.98 Å². The van der Waals surface area contributed by atoms with Gasteiger partial charge < -0.3 is 10.7 Å². The van der Waals surface area contributed by atoms with Gasteiger partial charge in [-0.1, -0.05) is 17.7 Å². The molecule has 0 aliphatic carbocycles. The van der Waals surface area contributed by atoms with Crippen molar-refractivity contribution in [2.75, 3.05) is 0 Å². The zero-order chi connectivity index (χ0) is 9.42. The lowest BCUT2D eigenvalue weighted by Gasteiger charge is -2.02. The highest BCUT2D eigenvalue weighted by Gasteiger charge is 2.07. The van der Waals surface area contributed by atoms with Gasteiger partial charge in [0.05, 0.1) is 5.02 Å². The minimum absolute atomic E-state index is 0.486. The lowest BCUT2D eigenvalue weighted by molar-refractivity contribution is 1.08. The number of nitrogens with two attached hydrogens (primary N) is 1. The van der Waals surface area contributed by atoms with Crippen molar-refractivity contribution in [3.63, 3.8) is 0 Å². The van der Waals surface area contributed by atoms with Crippen molar-refractivity contribution < 1.29 is 0 Å². The van der Waals surface area contributed by atoms with Gasteiger partial charge in [-0.15, -0.1) is 0 Å². The van der Waals surface area contributed by atoms with Crippen LogP contribution in [0.15, 0.2) is 18.3 Å². The maximum absolute atomic E-state index is 6.19. The largest absolute Gasteiger partial charge is 0.361 e. The van der Waals surface area contributed by atoms with E-state index in [0.29, 0.717) is 6.54 Å². The number of hydrogen-bond donors (Lipinski definition) is 2. The Balaban J connectivity index is 2.83. The molecular formula is C10H11ClN2. The summed E-state index contributed by atoms with van der Waals surface area (Å²) in [4.78, 5) is 3.15. The van der Waals surface area contributed by atoms with Crippen molar-refractivity contribution in [3.05, 3.63) is 34.5 Å². The maximum atomic E-state index is 6.19. The Morgan fingerprint density at radius 1 is 1.46 bits per heavy atom. The van der Waals surface area contributed by atoms with E-state index in [9.17, 15) is 0 Å². The van der Waals surface area contributed by atoms with Gasteiger partial charge in [-0.2, -0.15) is 0 Å². The summed E-state index contributed by atoms with van der Waals surface area (Å²) in [6.45, 7) is 2.52. The average molecular weight is 195 g/mol. The van der Waals surface area contributed by atoms with E-state index < -0.39 is 0 Å². The molecule has 0 bridgehead atoms. The van der Waals surface area contributed by atoms with Gasteiger partial charge in [0, 0.05) is 23.6 Å². The zero-order valence-corrected chi connectivity index (χ0v) is 8.15. The lowest BCUT2D eigenvalue weighted by Crippen LogP contribution is -1.96. The third kappa shape index (κ3) is 1.23. The molecule has 2 aromatic rings. The van der Waals surface area contributed by atoms with Crippen LogP contribution in [-0.4, -0.2) is 4.98 Å². The first-order valence-corrected chi connectivity index (χ1v) is 4.57. The highest BCUT2D eigenvalue weighted by molar-refractivity contribution is 6.36. The number of aryl methyl sites for hydroxylation is 1. The van der Waals surface area contributed by atoms with Crippen LogP contribution >= 0.6 is 11.6 Å². The van der Waals surface area contributed by atoms with Crippen LogP contribution in [-0.2, 0) is 6.54 Å². The third-order valence-corrected chi connectivity index (χ3v) is 2.71. The summed E-state index contributed by atoms with van der Waals surface area (Å²) in [7, 11) is 0. The van der Waals surface area contributed by atoms with Gasteiger partial charge in [-0.05, 0) is 24.1 Å². The van der Waals surface area contributed by atoms with Gasteiger partial charge in [0.1, 0.15) is 0 Å². The summed E-state index contributed by atoms with van der Waals surface area (Å²) < 4.78 is 0. The molecule has 0 amide bonds. The van der Waals surface area contributed by atoms with Crippen molar-refractivity contribution in [2.45, 2.75) is 13.5 Å². The Morgan fingerprint density at radius 3 is 2.92 bits per heavy atom. The van der Waals surface area contributed by atoms with Crippen molar-refractivity contribution in [2.24, 2.45) is 5.73 Å². The fourth-order valence-corrected chi connectivity index (χ4v) is 1.93. The molecule has 1 aromatic carbocycles. The summed E-state index contributed by atoms with van der Waals surface area (Å²) in [6.07, 6.45) is 1.96. The van der Waals surface area contributed by atoms with Crippen LogP contribution in [0.2, 0.25) is 5.02 Å². The van der Waals surface area contributed by atoms with Crippen LogP contribution in [0.3, 0.4) is 0 Å². The van der Waals surface area contributed by atoms with Gasteiger partial charge in [-0.25, -0.2) is 0 Å². The lowest BCUT2D eigenvalue weighted by atomic mass is 10.1. The Labute approximate surface area is 81.7 Å². The van der Waals surface area contributed by atoms with E-state index >= 15 is 0 Å². The number of aromatic nitrogens is 1. The van der Waals surface area contributed by atoms with Crippen LogP contribution in [0.4, 0.5) is 0 Å². The van der Waals surface area contributed by atoms with Crippen LogP contribution in [0, 0.1) is 6.92 Å². The Kier molecular flexibility index (Phi) is 2.02. The molecule has 1 aromatic heterocycles. The van der Waals surface area contributed by atoms with E-state index in [0.717, 1.165) is 27.1 Å². The van der Waals surface area contributed by atoms with Gasteiger partial charge in [0.25, 0.3) is 0 Å². The number of aromatic amines is 1. The molecule has 0 atom stereocenters.